The summed E-state index contributed by atoms with van der Waals surface area (Å²) in [5, 5.41) is 0. The van der Waals surface area contributed by atoms with Crippen LogP contribution in [0.5, 0.6) is 0 Å². The maximum Gasteiger partial charge on any atom is 0.416 e. The molecule has 0 saturated carbocycles. The molecule has 0 radical (unpaired) electrons. The van der Waals surface area contributed by atoms with Crippen LogP contribution in [0.25, 0.3) is 0 Å². The molecule has 5 heteroatoms. The van der Waals surface area contributed by atoms with Crippen LogP contribution in [-0.4, -0.2) is 11.5 Å². The van der Waals surface area contributed by atoms with Gasteiger partial charge in [0.25, 0.3) is 0 Å². The van der Waals surface area contributed by atoms with Crippen LogP contribution < -0.4 is 0 Å². The average molecular weight is 264 g/mol. The molecule has 0 heterocycles. The predicted molar refractivity (Wildman–Crippen MR) is 65.2 cm³/mol. The molecule has 0 saturated heterocycles. The largest absolute Gasteiger partial charge is 0.416 e. The van der Waals surface area contributed by atoms with E-state index in [0.717, 1.165) is 17.7 Å². The van der Waals surface area contributed by atoms with Gasteiger partial charge in [0.1, 0.15) is 0 Å². The molecule has 0 atom stereocenters. The molecule has 0 aliphatic rings. The van der Waals surface area contributed by atoms with Crippen molar-refractivity contribution in [2.24, 2.45) is 0 Å². The molecular weight excluding hydrogens is 253 g/mol. The molecular formula is C11H11F3S2. The van der Waals surface area contributed by atoms with Crippen LogP contribution in [0.3, 0.4) is 0 Å². The number of thiol groups is 1. The zero-order valence-electron chi connectivity index (χ0n) is 8.42. The van der Waals surface area contributed by atoms with Gasteiger partial charge >= 0.3 is 6.18 Å². The van der Waals surface area contributed by atoms with Gasteiger partial charge in [-0.15, -0.1) is 11.8 Å². The SMILES string of the molecule is C=C(CS)CSc1cccc(C(F)(F)F)c1. The Morgan fingerprint density at radius 1 is 1.38 bits per heavy atom. The van der Waals surface area contributed by atoms with Crippen molar-refractivity contribution in [2.75, 3.05) is 11.5 Å². The van der Waals surface area contributed by atoms with E-state index < -0.39 is 11.7 Å². The van der Waals surface area contributed by atoms with Gasteiger partial charge < -0.3 is 0 Å². The fraction of sp³-hybridized carbons (Fsp3) is 0.273. The molecule has 0 spiro atoms. The average Bonchev–Trinajstić information content (AvgIpc) is 2.25. The van der Waals surface area contributed by atoms with Gasteiger partial charge in [-0.25, -0.2) is 0 Å². The van der Waals surface area contributed by atoms with Crippen molar-refractivity contribution in [3.05, 3.63) is 42.0 Å². The molecule has 1 aromatic rings. The van der Waals surface area contributed by atoms with E-state index in [1.54, 1.807) is 6.07 Å². The highest BCUT2D eigenvalue weighted by atomic mass is 32.2. The third-order valence-corrected chi connectivity index (χ3v) is 3.41. The lowest BCUT2D eigenvalue weighted by atomic mass is 10.2. The summed E-state index contributed by atoms with van der Waals surface area (Å²) in [6.07, 6.45) is -4.28. The first kappa shape index (κ1) is 13.5. The Morgan fingerprint density at radius 3 is 2.62 bits per heavy atom. The Kier molecular flexibility index (Phi) is 4.80. The third kappa shape index (κ3) is 4.14. The van der Waals surface area contributed by atoms with E-state index in [2.05, 4.69) is 19.2 Å². The lowest BCUT2D eigenvalue weighted by Gasteiger charge is -2.08. The summed E-state index contributed by atoms with van der Waals surface area (Å²) in [6.45, 7) is 3.74. The molecule has 0 aliphatic carbocycles. The van der Waals surface area contributed by atoms with Gasteiger partial charge in [-0.1, -0.05) is 18.2 Å². The molecule has 1 aromatic carbocycles. The van der Waals surface area contributed by atoms with Crippen LogP contribution in [0.15, 0.2) is 41.3 Å². The summed E-state index contributed by atoms with van der Waals surface area (Å²) in [4.78, 5) is 0.595. The van der Waals surface area contributed by atoms with Crippen LogP contribution in [0.1, 0.15) is 5.56 Å². The number of hydrogen-bond acceptors (Lipinski definition) is 2. The second-order valence-corrected chi connectivity index (χ2v) is 4.59. The van der Waals surface area contributed by atoms with Crippen LogP contribution in [0.2, 0.25) is 0 Å². The van der Waals surface area contributed by atoms with Crippen LogP contribution in [-0.2, 0) is 6.18 Å². The number of rotatable bonds is 4. The topological polar surface area (TPSA) is 0 Å². The second kappa shape index (κ2) is 5.68. The molecule has 0 bridgehead atoms. The van der Waals surface area contributed by atoms with Crippen LogP contribution >= 0.6 is 24.4 Å². The van der Waals surface area contributed by atoms with Crippen molar-refractivity contribution < 1.29 is 13.2 Å². The molecule has 0 N–H and O–H groups in total. The first-order chi connectivity index (χ1) is 7.43. The summed E-state index contributed by atoms with van der Waals surface area (Å²) in [5.74, 6) is 1.14. The molecule has 0 fully saturated rings. The number of hydrogen-bond donors (Lipinski definition) is 1. The molecule has 88 valence electrons. The zero-order valence-corrected chi connectivity index (χ0v) is 10.1. The molecule has 1 rings (SSSR count). The standard InChI is InChI=1S/C11H11F3S2/c1-8(6-15)7-16-10-4-2-3-9(5-10)11(12,13)14/h2-5,15H,1,6-7H2. The second-order valence-electron chi connectivity index (χ2n) is 3.22. The molecule has 0 aliphatic heterocycles. The predicted octanol–water partition coefficient (Wildman–Crippen LogP) is 4.28. The third-order valence-electron chi connectivity index (χ3n) is 1.83. The van der Waals surface area contributed by atoms with Crippen molar-refractivity contribution in [1.82, 2.24) is 0 Å². The molecule has 0 unspecified atom stereocenters. The monoisotopic (exact) mass is 264 g/mol. The molecule has 0 aromatic heterocycles. The fourth-order valence-electron chi connectivity index (χ4n) is 0.993. The lowest BCUT2D eigenvalue weighted by molar-refractivity contribution is -0.137. The van der Waals surface area contributed by atoms with Crippen LogP contribution in [0, 0.1) is 0 Å². The normalized spacial score (nSPS) is 11.5. The quantitative estimate of drug-likeness (QED) is 0.481. The first-order valence-electron chi connectivity index (χ1n) is 4.51. The maximum absolute atomic E-state index is 12.4. The van der Waals surface area contributed by atoms with E-state index >= 15 is 0 Å². The van der Waals surface area contributed by atoms with E-state index in [1.807, 2.05) is 0 Å². The Balaban J connectivity index is 2.72. The van der Waals surface area contributed by atoms with Gasteiger partial charge in [-0.05, 0) is 18.2 Å². The van der Waals surface area contributed by atoms with E-state index in [-0.39, 0.29) is 0 Å². The van der Waals surface area contributed by atoms with Crippen molar-refractivity contribution in [1.29, 1.82) is 0 Å². The smallest absolute Gasteiger partial charge is 0.175 e. The highest BCUT2D eigenvalue weighted by molar-refractivity contribution is 7.99. The van der Waals surface area contributed by atoms with Crippen molar-refractivity contribution in [3.63, 3.8) is 0 Å². The minimum atomic E-state index is -4.28. The summed E-state index contributed by atoms with van der Waals surface area (Å²) < 4.78 is 37.2. The maximum atomic E-state index is 12.4. The summed E-state index contributed by atoms with van der Waals surface area (Å²) in [6, 6.07) is 5.29. The highest BCUT2D eigenvalue weighted by Crippen LogP contribution is 2.32. The van der Waals surface area contributed by atoms with Crippen molar-refractivity contribution >= 4 is 24.4 Å². The minimum absolute atomic E-state index is 0.548. The van der Waals surface area contributed by atoms with Gasteiger partial charge in [0.2, 0.25) is 0 Å². The summed E-state index contributed by atoms with van der Waals surface area (Å²) in [5.41, 5.74) is 0.278. The van der Waals surface area contributed by atoms with Gasteiger partial charge in [-0.3, -0.25) is 0 Å². The highest BCUT2D eigenvalue weighted by Gasteiger charge is 2.30. The van der Waals surface area contributed by atoms with E-state index in [1.165, 1.54) is 17.8 Å². The minimum Gasteiger partial charge on any atom is -0.175 e. The molecule has 16 heavy (non-hydrogen) atoms. The number of alkyl halides is 3. The van der Waals surface area contributed by atoms with Gasteiger partial charge in [0.15, 0.2) is 0 Å². The van der Waals surface area contributed by atoms with Gasteiger partial charge in [0.05, 0.1) is 5.56 Å². The Labute approximate surface area is 102 Å². The van der Waals surface area contributed by atoms with Crippen molar-refractivity contribution in [2.45, 2.75) is 11.1 Å². The number of thioether (sulfide) groups is 1. The summed E-state index contributed by atoms with van der Waals surface area (Å²) in [7, 11) is 0. The number of halogens is 3. The van der Waals surface area contributed by atoms with Crippen LogP contribution in [0.4, 0.5) is 13.2 Å². The lowest BCUT2D eigenvalue weighted by Crippen LogP contribution is -2.04. The van der Waals surface area contributed by atoms with E-state index in [0.29, 0.717) is 16.4 Å². The zero-order chi connectivity index (χ0) is 12.2. The molecule has 0 amide bonds. The first-order valence-corrected chi connectivity index (χ1v) is 6.13. The number of benzene rings is 1. The molecule has 0 nitrogen and oxygen atoms in total. The fourth-order valence-corrected chi connectivity index (χ4v) is 2.11. The van der Waals surface area contributed by atoms with E-state index in [4.69, 9.17) is 0 Å². The van der Waals surface area contributed by atoms with Crippen molar-refractivity contribution in [3.8, 4) is 0 Å². The Hall–Kier alpha value is -0.550. The Bertz CT molecular complexity index is 372. The van der Waals surface area contributed by atoms with E-state index in [9.17, 15) is 13.2 Å². The van der Waals surface area contributed by atoms with Gasteiger partial charge in [0, 0.05) is 16.4 Å². The van der Waals surface area contributed by atoms with Gasteiger partial charge in [-0.2, -0.15) is 25.8 Å². The summed E-state index contributed by atoms with van der Waals surface area (Å²) >= 11 is 5.37. The Morgan fingerprint density at radius 2 is 2.06 bits per heavy atom.